The highest BCUT2D eigenvalue weighted by molar-refractivity contribution is 5.98. The Bertz CT molecular complexity index is 822. The van der Waals surface area contributed by atoms with Crippen molar-refractivity contribution in [3.8, 4) is 0 Å². The molecule has 1 atom stereocenters. The lowest BCUT2D eigenvalue weighted by molar-refractivity contribution is -0.128. The fraction of sp³-hybridized carbons (Fsp3) is 0.300. The van der Waals surface area contributed by atoms with Crippen LogP contribution < -0.4 is 5.32 Å². The summed E-state index contributed by atoms with van der Waals surface area (Å²) in [4.78, 5) is 29.0. The van der Waals surface area contributed by atoms with E-state index in [4.69, 9.17) is 0 Å². The Morgan fingerprint density at radius 3 is 2.73 bits per heavy atom. The summed E-state index contributed by atoms with van der Waals surface area (Å²) < 4.78 is 14.3. The van der Waals surface area contributed by atoms with E-state index in [1.807, 2.05) is 37.2 Å². The predicted octanol–water partition coefficient (Wildman–Crippen LogP) is 2.20. The van der Waals surface area contributed by atoms with Crippen LogP contribution in [0.15, 0.2) is 48.5 Å². The van der Waals surface area contributed by atoms with Gasteiger partial charge in [-0.25, -0.2) is 4.39 Å². The zero-order valence-electron chi connectivity index (χ0n) is 14.9. The van der Waals surface area contributed by atoms with E-state index in [-0.39, 0.29) is 17.4 Å². The molecule has 0 spiro atoms. The third-order valence-corrected chi connectivity index (χ3v) is 4.35. The molecular formula is C20H22FN3O2. The minimum atomic E-state index is -0.963. The van der Waals surface area contributed by atoms with Crippen molar-refractivity contribution in [3.63, 3.8) is 0 Å². The third-order valence-electron chi connectivity index (χ3n) is 4.35. The molecule has 0 aromatic heterocycles. The van der Waals surface area contributed by atoms with E-state index in [2.05, 4.69) is 5.32 Å². The minimum absolute atomic E-state index is 0.211. The number of amides is 2. The Labute approximate surface area is 152 Å². The molecule has 0 radical (unpaired) electrons. The second-order valence-corrected chi connectivity index (χ2v) is 6.65. The van der Waals surface area contributed by atoms with Crippen molar-refractivity contribution < 1.29 is 14.0 Å². The van der Waals surface area contributed by atoms with Gasteiger partial charge in [0, 0.05) is 30.8 Å². The molecule has 6 heteroatoms. The summed E-state index contributed by atoms with van der Waals surface area (Å²) in [6.45, 7) is 1.40. The van der Waals surface area contributed by atoms with Crippen molar-refractivity contribution in [1.29, 1.82) is 0 Å². The monoisotopic (exact) mass is 355 g/mol. The largest absolute Gasteiger partial charge is 0.352 e. The van der Waals surface area contributed by atoms with E-state index < -0.39 is 11.9 Å². The van der Waals surface area contributed by atoms with E-state index in [0.29, 0.717) is 25.2 Å². The molecule has 0 saturated carbocycles. The second-order valence-electron chi connectivity index (χ2n) is 6.65. The quantitative estimate of drug-likeness (QED) is 0.915. The maximum atomic E-state index is 14.3. The molecule has 1 saturated heterocycles. The van der Waals surface area contributed by atoms with Crippen molar-refractivity contribution in [3.05, 3.63) is 71.0 Å². The first-order valence-electron chi connectivity index (χ1n) is 8.54. The normalized spacial score (nSPS) is 17.3. The number of benzene rings is 2. The van der Waals surface area contributed by atoms with Gasteiger partial charge in [-0.05, 0) is 37.9 Å². The second kappa shape index (κ2) is 7.66. The number of hydrogen-bond acceptors (Lipinski definition) is 3. The number of hydrogen-bond donors (Lipinski definition) is 1. The van der Waals surface area contributed by atoms with Crippen LogP contribution in [0.4, 0.5) is 4.39 Å². The Hall–Kier alpha value is -2.73. The van der Waals surface area contributed by atoms with E-state index in [1.54, 1.807) is 24.3 Å². The van der Waals surface area contributed by atoms with Gasteiger partial charge in [0.1, 0.15) is 11.9 Å². The number of rotatable bonds is 4. The summed E-state index contributed by atoms with van der Waals surface area (Å²) in [6, 6.07) is 12.5. The van der Waals surface area contributed by atoms with Crippen LogP contribution in [0.1, 0.15) is 27.5 Å². The van der Waals surface area contributed by atoms with Crippen LogP contribution >= 0.6 is 0 Å². The lowest BCUT2D eigenvalue weighted by atomic mass is 10.00. The van der Waals surface area contributed by atoms with E-state index in [9.17, 15) is 14.0 Å². The highest BCUT2D eigenvalue weighted by atomic mass is 19.1. The molecule has 1 N–H and O–H groups in total. The summed E-state index contributed by atoms with van der Waals surface area (Å²) in [5.41, 5.74) is 1.72. The van der Waals surface area contributed by atoms with Gasteiger partial charge in [-0.1, -0.05) is 30.3 Å². The molecule has 5 nitrogen and oxygen atoms in total. The zero-order valence-corrected chi connectivity index (χ0v) is 14.9. The number of halogens is 1. The Kier molecular flexibility index (Phi) is 5.32. The van der Waals surface area contributed by atoms with Crippen LogP contribution in [0.5, 0.6) is 0 Å². The van der Waals surface area contributed by atoms with Crippen LogP contribution in [-0.4, -0.2) is 48.8 Å². The third kappa shape index (κ3) is 3.75. The highest BCUT2D eigenvalue weighted by Crippen LogP contribution is 2.27. The highest BCUT2D eigenvalue weighted by Gasteiger charge is 2.36. The number of nitrogens with one attached hydrogen (secondary N) is 1. The molecule has 1 aliphatic rings. The molecule has 2 aromatic rings. The molecule has 0 aliphatic carbocycles. The van der Waals surface area contributed by atoms with Crippen molar-refractivity contribution in [2.24, 2.45) is 0 Å². The molecule has 2 amide bonds. The Balaban J connectivity index is 1.94. The first kappa shape index (κ1) is 18.1. The standard InChI is InChI=1S/C20H22FN3O2/c1-23(2)13-14-6-5-7-15(12-14)20(26)24-11-10-22-19(25)18(24)16-8-3-4-9-17(16)21/h3-9,12,18H,10-11,13H2,1-2H3,(H,22,25). The van der Waals surface area contributed by atoms with E-state index in [0.717, 1.165) is 5.56 Å². The Morgan fingerprint density at radius 2 is 2.00 bits per heavy atom. The average molecular weight is 355 g/mol. The van der Waals surface area contributed by atoms with E-state index >= 15 is 0 Å². The number of carbonyl (C=O) groups is 2. The molecular weight excluding hydrogens is 333 g/mol. The van der Waals surface area contributed by atoms with Crippen molar-refractivity contribution in [1.82, 2.24) is 15.1 Å². The number of piperazine rings is 1. The molecule has 26 heavy (non-hydrogen) atoms. The summed E-state index contributed by atoms with van der Waals surface area (Å²) in [5, 5.41) is 2.73. The maximum Gasteiger partial charge on any atom is 0.254 e. The minimum Gasteiger partial charge on any atom is -0.352 e. The van der Waals surface area contributed by atoms with Crippen molar-refractivity contribution in [2.45, 2.75) is 12.6 Å². The maximum absolute atomic E-state index is 14.3. The summed E-state index contributed by atoms with van der Waals surface area (Å²) >= 11 is 0. The van der Waals surface area contributed by atoms with Gasteiger partial charge in [0.15, 0.2) is 0 Å². The molecule has 1 aliphatic heterocycles. The molecule has 1 unspecified atom stereocenters. The number of carbonyl (C=O) groups excluding carboxylic acids is 2. The van der Waals surface area contributed by atoms with Gasteiger partial charge in [-0.15, -0.1) is 0 Å². The van der Waals surface area contributed by atoms with Crippen LogP contribution in [0, 0.1) is 5.82 Å². The van der Waals surface area contributed by atoms with Crippen LogP contribution in [-0.2, 0) is 11.3 Å². The fourth-order valence-corrected chi connectivity index (χ4v) is 3.23. The zero-order chi connectivity index (χ0) is 18.7. The average Bonchev–Trinajstić information content (AvgIpc) is 2.61. The molecule has 1 fully saturated rings. The predicted molar refractivity (Wildman–Crippen MR) is 97.0 cm³/mol. The van der Waals surface area contributed by atoms with Gasteiger partial charge in [-0.3, -0.25) is 9.59 Å². The number of nitrogens with zero attached hydrogens (tertiary/aromatic N) is 2. The summed E-state index contributed by atoms with van der Waals surface area (Å²) in [5.74, 6) is -1.12. The SMILES string of the molecule is CN(C)Cc1cccc(C(=O)N2CCNC(=O)C2c2ccccc2F)c1. The van der Waals surface area contributed by atoms with E-state index in [1.165, 1.54) is 11.0 Å². The van der Waals surface area contributed by atoms with Crippen molar-refractivity contribution in [2.75, 3.05) is 27.2 Å². The first-order chi connectivity index (χ1) is 12.5. The topological polar surface area (TPSA) is 52.7 Å². The Morgan fingerprint density at radius 1 is 1.23 bits per heavy atom. The molecule has 2 aromatic carbocycles. The summed E-state index contributed by atoms with van der Waals surface area (Å²) in [6.07, 6.45) is 0. The molecule has 1 heterocycles. The first-order valence-corrected chi connectivity index (χ1v) is 8.54. The van der Waals surface area contributed by atoms with Gasteiger partial charge >= 0.3 is 0 Å². The van der Waals surface area contributed by atoms with Crippen LogP contribution in [0.3, 0.4) is 0 Å². The molecule has 0 bridgehead atoms. The van der Waals surface area contributed by atoms with Crippen LogP contribution in [0.25, 0.3) is 0 Å². The fourth-order valence-electron chi connectivity index (χ4n) is 3.23. The van der Waals surface area contributed by atoms with Gasteiger partial charge in [0.2, 0.25) is 5.91 Å². The smallest absolute Gasteiger partial charge is 0.254 e. The van der Waals surface area contributed by atoms with Crippen LogP contribution in [0.2, 0.25) is 0 Å². The molecule has 136 valence electrons. The summed E-state index contributed by atoms with van der Waals surface area (Å²) in [7, 11) is 3.91. The van der Waals surface area contributed by atoms with Gasteiger partial charge in [0.05, 0.1) is 0 Å². The van der Waals surface area contributed by atoms with Gasteiger partial charge < -0.3 is 15.1 Å². The lowest BCUT2D eigenvalue weighted by Crippen LogP contribution is -2.52. The van der Waals surface area contributed by atoms with Gasteiger partial charge in [-0.2, -0.15) is 0 Å². The molecule has 3 rings (SSSR count). The van der Waals surface area contributed by atoms with Crippen molar-refractivity contribution >= 4 is 11.8 Å². The lowest BCUT2D eigenvalue weighted by Gasteiger charge is -2.35. The van der Waals surface area contributed by atoms with Gasteiger partial charge in [0.25, 0.3) is 5.91 Å².